The maximum absolute atomic E-state index is 6.27. The number of hydrogen-bond acceptors (Lipinski definition) is 3. The van der Waals surface area contributed by atoms with E-state index in [2.05, 4.69) is 5.10 Å². The summed E-state index contributed by atoms with van der Waals surface area (Å²) in [6, 6.07) is 7.58. The predicted octanol–water partition coefficient (Wildman–Crippen LogP) is 2.63. The van der Waals surface area contributed by atoms with Gasteiger partial charge in [0.25, 0.3) is 0 Å². The molecule has 1 heterocycles. The first-order valence-corrected chi connectivity index (χ1v) is 6.48. The topological polar surface area (TPSA) is 53.1 Å². The molecular weight excluding hydrogens is 262 g/mol. The molecule has 0 bridgehead atoms. The fourth-order valence-corrected chi connectivity index (χ4v) is 2.43. The van der Waals surface area contributed by atoms with Crippen LogP contribution in [0.5, 0.6) is 5.75 Å². The fourth-order valence-electron chi connectivity index (χ4n) is 2.19. The highest BCUT2D eigenvalue weighted by Crippen LogP contribution is 2.28. The molecule has 0 aliphatic heterocycles. The van der Waals surface area contributed by atoms with Crippen LogP contribution in [0.2, 0.25) is 5.02 Å². The van der Waals surface area contributed by atoms with E-state index < -0.39 is 0 Å². The van der Waals surface area contributed by atoms with Gasteiger partial charge in [0.2, 0.25) is 0 Å². The molecule has 19 heavy (non-hydrogen) atoms. The van der Waals surface area contributed by atoms with Crippen LogP contribution in [0.1, 0.15) is 23.0 Å². The van der Waals surface area contributed by atoms with Crippen molar-refractivity contribution < 1.29 is 4.74 Å². The van der Waals surface area contributed by atoms with Gasteiger partial charge in [0.05, 0.1) is 23.5 Å². The molecule has 2 rings (SSSR count). The number of aromatic nitrogens is 2. The van der Waals surface area contributed by atoms with Crippen molar-refractivity contribution in [3.8, 4) is 5.75 Å². The van der Waals surface area contributed by atoms with E-state index in [1.807, 2.05) is 38.2 Å². The lowest BCUT2D eigenvalue weighted by Gasteiger charge is -2.15. The van der Waals surface area contributed by atoms with Crippen LogP contribution in [-0.4, -0.2) is 16.9 Å². The van der Waals surface area contributed by atoms with Gasteiger partial charge in [0.1, 0.15) is 5.75 Å². The molecule has 5 heteroatoms. The average molecular weight is 280 g/mol. The van der Waals surface area contributed by atoms with Gasteiger partial charge in [-0.25, -0.2) is 0 Å². The molecule has 1 aromatic carbocycles. The van der Waals surface area contributed by atoms with Crippen molar-refractivity contribution in [2.45, 2.75) is 19.4 Å². The van der Waals surface area contributed by atoms with E-state index in [4.69, 9.17) is 22.1 Å². The molecule has 102 valence electrons. The minimum Gasteiger partial charge on any atom is -0.496 e. The third kappa shape index (κ3) is 2.74. The van der Waals surface area contributed by atoms with Gasteiger partial charge in [-0.2, -0.15) is 5.10 Å². The van der Waals surface area contributed by atoms with Gasteiger partial charge in [-0.1, -0.05) is 29.8 Å². The summed E-state index contributed by atoms with van der Waals surface area (Å²) >= 11 is 6.25. The molecule has 1 atom stereocenters. The van der Waals surface area contributed by atoms with Gasteiger partial charge >= 0.3 is 0 Å². The Hall–Kier alpha value is -1.52. The predicted molar refractivity (Wildman–Crippen MR) is 76.6 cm³/mol. The Morgan fingerprint density at radius 1 is 1.42 bits per heavy atom. The highest BCUT2D eigenvalue weighted by molar-refractivity contribution is 6.31. The molecule has 2 N–H and O–H groups in total. The van der Waals surface area contributed by atoms with Crippen LogP contribution in [0.25, 0.3) is 0 Å². The first-order chi connectivity index (χ1) is 9.04. The smallest absolute Gasteiger partial charge is 0.123 e. The van der Waals surface area contributed by atoms with E-state index in [0.29, 0.717) is 11.4 Å². The average Bonchev–Trinajstić information content (AvgIpc) is 2.65. The number of nitrogens with two attached hydrogens (primary N) is 1. The lowest BCUT2D eigenvalue weighted by molar-refractivity contribution is 0.405. The highest BCUT2D eigenvalue weighted by atomic mass is 35.5. The number of ether oxygens (including phenoxy) is 1. The summed E-state index contributed by atoms with van der Waals surface area (Å²) in [6.07, 6.45) is 0.622. The quantitative estimate of drug-likeness (QED) is 0.936. The van der Waals surface area contributed by atoms with Crippen molar-refractivity contribution in [3.63, 3.8) is 0 Å². The summed E-state index contributed by atoms with van der Waals surface area (Å²) in [4.78, 5) is 0. The second kappa shape index (κ2) is 5.63. The number of hydrogen-bond donors (Lipinski definition) is 1. The Labute approximate surface area is 118 Å². The molecule has 0 saturated heterocycles. The van der Waals surface area contributed by atoms with Gasteiger partial charge < -0.3 is 10.5 Å². The lowest BCUT2D eigenvalue weighted by Crippen LogP contribution is -2.16. The summed E-state index contributed by atoms with van der Waals surface area (Å²) in [5.74, 6) is 0.796. The third-order valence-corrected chi connectivity index (χ3v) is 3.70. The summed E-state index contributed by atoms with van der Waals surface area (Å²) < 4.78 is 7.12. The van der Waals surface area contributed by atoms with Gasteiger partial charge in [-0.15, -0.1) is 0 Å². The zero-order valence-electron chi connectivity index (χ0n) is 11.4. The maximum atomic E-state index is 6.27. The van der Waals surface area contributed by atoms with Crippen molar-refractivity contribution in [3.05, 3.63) is 46.2 Å². The van der Waals surface area contributed by atoms with Crippen LogP contribution in [-0.2, 0) is 13.5 Å². The number of para-hydroxylation sites is 1. The molecule has 2 aromatic rings. The first-order valence-electron chi connectivity index (χ1n) is 6.11. The number of halogens is 1. The Kier molecular flexibility index (Phi) is 4.12. The minimum atomic E-state index is -0.177. The minimum absolute atomic E-state index is 0.177. The zero-order valence-corrected chi connectivity index (χ0v) is 12.1. The van der Waals surface area contributed by atoms with E-state index in [1.165, 1.54) is 0 Å². The molecular formula is C14H18ClN3O. The Bertz CT molecular complexity index is 580. The van der Waals surface area contributed by atoms with Crippen molar-refractivity contribution in [1.29, 1.82) is 0 Å². The van der Waals surface area contributed by atoms with Crippen LogP contribution >= 0.6 is 11.6 Å². The van der Waals surface area contributed by atoms with Crippen LogP contribution < -0.4 is 10.5 Å². The second-order valence-corrected chi connectivity index (χ2v) is 4.90. The molecule has 0 aliphatic rings. The van der Waals surface area contributed by atoms with Crippen LogP contribution in [0, 0.1) is 6.92 Å². The standard InChI is InChI=1S/C14H18ClN3O/c1-9-14(15)12(18(2)17-9)8-11(16)10-6-4-5-7-13(10)19-3/h4-7,11H,8,16H2,1-3H3. The summed E-state index contributed by atoms with van der Waals surface area (Å²) in [5.41, 5.74) is 9.01. The molecule has 1 aromatic heterocycles. The van der Waals surface area contributed by atoms with E-state index >= 15 is 0 Å². The van der Waals surface area contributed by atoms with Crippen molar-refractivity contribution in [2.75, 3.05) is 7.11 Å². The molecule has 0 radical (unpaired) electrons. The molecule has 0 fully saturated rings. The molecule has 0 amide bonds. The summed E-state index contributed by atoms with van der Waals surface area (Å²) in [5, 5.41) is 4.99. The first kappa shape index (κ1) is 13.9. The van der Waals surface area contributed by atoms with Crippen LogP contribution in [0.4, 0.5) is 0 Å². The SMILES string of the molecule is COc1ccccc1C(N)Cc1c(Cl)c(C)nn1C. The second-order valence-electron chi connectivity index (χ2n) is 4.52. The maximum Gasteiger partial charge on any atom is 0.123 e. The van der Waals surface area contributed by atoms with Gasteiger partial charge in [-0.05, 0) is 13.0 Å². The van der Waals surface area contributed by atoms with E-state index in [0.717, 1.165) is 22.7 Å². The highest BCUT2D eigenvalue weighted by Gasteiger charge is 2.17. The fraction of sp³-hybridized carbons (Fsp3) is 0.357. The molecule has 0 aliphatic carbocycles. The van der Waals surface area contributed by atoms with Crippen molar-refractivity contribution in [1.82, 2.24) is 9.78 Å². The number of methoxy groups -OCH3 is 1. The molecule has 1 unspecified atom stereocenters. The summed E-state index contributed by atoms with van der Waals surface area (Å²) in [7, 11) is 3.52. The van der Waals surface area contributed by atoms with Crippen molar-refractivity contribution >= 4 is 11.6 Å². The Morgan fingerprint density at radius 3 is 2.68 bits per heavy atom. The van der Waals surface area contributed by atoms with E-state index in [1.54, 1.807) is 11.8 Å². The third-order valence-electron chi connectivity index (χ3n) is 3.21. The number of benzene rings is 1. The Balaban J connectivity index is 2.28. The normalized spacial score (nSPS) is 12.5. The largest absolute Gasteiger partial charge is 0.496 e. The molecule has 4 nitrogen and oxygen atoms in total. The lowest BCUT2D eigenvalue weighted by atomic mass is 10.0. The molecule has 0 saturated carbocycles. The van der Waals surface area contributed by atoms with Gasteiger partial charge in [0, 0.05) is 25.1 Å². The Morgan fingerprint density at radius 2 is 2.11 bits per heavy atom. The van der Waals surface area contributed by atoms with Crippen LogP contribution in [0.15, 0.2) is 24.3 Å². The van der Waals surface area contributed by atoms with E-state index in [9.17, 15) is 0 Å². The van der Waals surface area contributed by atoms with Crippen molar-refractivity contribution in [2.24, 2.45) is 12.8 Å². The summed E-state index contributed by atoms with van der Waals surface area (Å²) in [6.45, 7) is 1.89. The molecule has 0 spiro atoms. The van der Waals surface area contributed by atoms with E-state index in [-0.39, 0.29) is 6.04 Å². The monoisotopic (exact) mass is 279 g/mol. The number of aryl methyl sites for hydroxylation is 2. The zero-order chi connectivity index (χ0) is 14.0. The van der Waals surface area contributed by atoms with Gasteiger partial charge in [0.15, 0.2) is 0 Å². The van der Waals surface area contributed by atoms with Crippen LogP contribution in [0.3, 0.4) is 0 Å². The number of nitrogens with zero attached hydrogens (tertiary/aromatic N) is 2. The number of rotatable bonds is 4. The van der Waals surface area contributed by atoms with Gasteiger partial charge in [-0.3, -0.25) is 4.68 Å².